The normalized spacial score (nSPS) is 19.7. The average molecular weight is 421 g/mol. The van der Waals surface area contributed by atoms with Gasteiger partial charge in [-0.2, -0.15) is 16.1 Å². The second-order valence-corrected chi connectivity index (χ2v) is 10.1. The summed E-state index contributed by atoms with van der Waals surface area (Å²) >= 11 is 2.74. The van der Waals surface area contributed by atoms with Crippen LogP contribution in [0.3, 0.4) is 0 Å². The summed E-state index contributed by atoms with van der Waals surface area (Å²) in [5.41, 5.74) is 0. The molecule has 0 aliphatic carbocycles. The molecule has 0 saturated carbocycles. The van der Waals surface area contributed by atoms with Gasteiger partial charge in [0.15, 0.2) is 0 Å². The number of ether oxygens (including phenoxy) is 1. The van der Waals surface area contributed by atoms with Crippen molar-refractivity contribution in [1.82, 2.24) is 9.62 Å². The van der Waals surface area contributed by atoms with Crippen molar-refractivity contribution in [2.75, 3.05) is 32.2 Å². The van der Waals surface area contributed by atoms with Gasteiger partial charge in [0.1, 0.15) is 10.3 Å². The van der Waals surface area contributed by atoms with Gasteiger partial charge in [0.05, 0.1) is 13.0 Å². The van der Waals surface area contributed by atoms with Gasteiger partial charge < -0.3 is 10.1 Å². The minimum atomic E-state index is -3.57. The van der Waals surface area contributed by atoms with Crippen LogP contribution in [0.25, 0.3) is 0 Å². The first-order chi connectivity index (χ1) is 12.4. The molecule has 1 aliphatic heterocycles. The van der Waals surface area contributed by atoms with Crippen molar-refractivity contribution in [3.63, 3.8) is 0 Å². The van der Waals surface area contributed by atoms with Crippen molar-refractivity contribution in [2.24, 2.45) is 5.92 Å². The van der Waals surface area contributed by atoms with Crippen molar-refractivity contribution < 1.29 is 22.7 Å². The molecule has 1 fully saturated rings. The molecule has 0 unspecified atom stereocenters. The van der Waals surface area contributed by atoms with Crippen molar-refractivity contribution >= 4 is 45.0 Å². The predicted molar refractivity (Wildman–Crippen MR) is 103 cm³/mol. The van der Waals surface area contributed by atoms with E-state index in [1.54, 1.807) is 29.3 Å². The minimum Gasteiger partial charge on any atom is -0.467 e. The van der Waals surface area contributed by atoms with E-state index in [0.29, 0.717) is 31.6 Å². The number of amides is 1. The van der Waals surface area contributed by atoms with E-state index < -0.39 is 28.0 Å². The number of carbonyl (C=O) groups is 2. The van der Waals surface area contributed by atoms with E-state index in [4.69, 9.17) is 4.74 Å². The third kappa shape index (κ3) is 5.21. The lowest BCUT2D eigenvalue weighted by atomic mass is 9.98. The Hall–Kier alpha value is -1.10. The number of methoxy groups -OCH3 is 1. The summed E-state index contributed by atoms with van der Waals surface area (Å²) in [6.45, 7) is 0.527. The van der Waals surface area contributed by atoms with Gasteiger partial charge >= 0.3 is 5.97 Å². The summed E-state index contributed by atoms with van der Waals surface area (Å²) in [5, 5.41) is 4.45. The molecule has 0 aromatic carbocycles. The van der Waals surface area contributed by atoms with Gasteiger partial charge in [0.25, 0.3) is 10.0 Å². The van der Waals surface area contributed by atoms with Gasteiger partial charge in [-0.3, -0.25) is 4.79 Å². The van der Waals surface area contributed by atoms with Crippen molar-refractivity contribution in [3.05, 3.63) is 17.5 Å². The van der Waals surface area contributed by atoms with Crippen LogP contribution in [-0.2, 0) is 24.3 Å². The molecule has 1 aliphatic rings. The van der Waals surface area contributed by atoms with Crippen LogP contribution in [0, 0.1) is 5.92 Å². The molecule has 1 aromatic rings. The Morgan fingerprint density at radius 1 is 1.50 bits per heavy atom. The first-order valence-electron chi connectivity index (χ1n) is 8.31. The van der Waals surface area contributed by atoms with Gasteiger partial charge in [-0.25, -0.2) is 13.2 Å². The standard InChI is InChI=1S/C16H24N2O5S3/c1-23-16(20)13(7-10-24-2)17-15(19)12-5-3-8-18(11-12)26(21,22)14-6-4-9-25-14/h4,6,9,12-13H,3,5,7-8,10-11H2,1-2H3,(H,17,19)/t12-,13+/m0/s1. The predicted octanol–water partition coefficient (Wildman–Crippen LogP) is 1.56. The second-order valence-electron chi connectivity index (χ2n) is 6.00. The number of rotatable bonds is 8. The lowest BCUT2D eigenvalue weighted by Crippen LogP contribution is -2.49. The number of hydrogen-bond donors (Lipinski definition) is 1. The molecular weight excluding hydrogens is 396 g/mol. The lowest BCUT2D eigenvalue weighted by molar-refractivity contribution is -0.145. The van der Waals surface area contributed by atoms with E-state index >= 15 is 0 Å². The second kappa shape index (κ2) is 9.72. The van der Waals surface area contributed by atoms with E-state index in [1.807, 2.05) is 6.26 Å². The summed E-state index contributed by atoms with van der Waals surface area (Å²) in [6, 6.07) is 2.56. The van der Waals surface area contributed by atoms with Crippen molar-refractivity contribution in [3.8, 4) is 0 Å². The SMILES string of the molecule is COC(=O)[C@@H](CCSC)NC(=O)[C@H]1CCCN(S(=O)(=O)c2cccs2)C1. The minimum absolute atomic E-state index is 0.127. The molecule has 2 rings (SSSR count). The Kier molecular flexibility index (Phi) is 7.93. The van der Waals surface area contributed by atoms with E-state index in [2.05, 4.69) is 5.32 Å². The monoisotopic (exact) mass is 420 g/mol. The Morgan fingerprint density at radius 3 is 2.88 bits per heavy atom. The summed E-state index contributed by atoms with van der Waals surface area (Å²) < 4.78 is 31.7. The number of nitrogens with one attached hydrogen (secondary N) is 1. The average Bonchev–Trinajstić information content (AvgIpc) is 3.20. The number of carbonyl (C=O) groups excluding carboxylic acids is 2. The van der Waals surface area contributed by atoms with E-state index in [0.717, 1.165) is 0 Å². The van der Waals surface area contributed by atoms with Gasteiger partial charge in [-0.15, -0.1) is 11.3 Å². The summed E-state index contributed by atoms with van der Waals surface area (Å²) in [6.07, 6.45) is 3.60. The fourth-order valence-electron chi connectivity index (χ4n) is 2.83. The molecular formula is C16H24N2O5S3. The number of piperidine rings is 1. The van der Waals surface area contributed by atoms with Crippen LogP contribution in [0.15, 0.2) is 21.7 Å². The third-order valence-electron chi connectivity index (χ3n) is 4.26. The first kappa shape index (κ1) is 21.2. The van der Waals surface area contributed by atoms with Crippen LogP contribution < -0.4 is 5.32 Å². The molecule has 0 radical (unpaired) electrons. The quantitative estimate of drug-likeness (QED) is 0.642. The summed E-state index contributed by atoms with van der Waals surface area (Å²) in [7, 11) is -2.28. The maximum absolute atomic E-state index is 12.7. The van der Waals surface area contributed by atoms with E-state index in [1.165, 1.54) is 22.8 Å². The zero-order chi connectivity index (χ0) is 19.2. The highest BCUT2D eigenvalue weighted by atomic mass is 32.2. The fourth-order valence-corrected chi connectivity index (χ4v) is 5.97. The summed E-state index contributed by atoms with van der Waals surface area (Å²) in [5.74, 6) is -0.539. The van der Waals surface area contributed by atoms with Crippen LogP contribution >= 0.6 is 23.1 Å². The van der Waals surface area contributed by atoms with Crippen molar-refractivity contribution in [1.29, 1.82) is 0 Å². The summed E-state index contributed by atoms with van der Waals surface area (Å²) in [4.78, 5) is 24.5. The maximum Gasteiger partial charge on any atom is 0.328 e. The topological polar surface area (TPSA) is 92.8 Å². The zero-order valence-electron chi connectivity index (χ0n) is 14.8. The van der Waals surface area contributed by atoms with Crippen LogP contribution in [0.4, 0.5) is 0 Å². The molecule has 1 N–H and O–H groups in total. The van der Waals surface area contributed by atoms with Crippen LogP contribution in [0.5, 0.6) is 0 Å². The Labute approximate surface area is 162 Å². The molecule has 10 heteroatoms. The van der Waals surface area contributed by atoms with Gasteiger partial charge in [-0.05, 0) is 42.7 Å². The molecule has 1 saturated heterocycles. The fraction of sp³-hybridized carbons (Fsp3) is 0.625. The van der Waals surface area contributed by atoms with Crippen LogP contribution in [0.1, 0.15) is 19.3 Å². The van der Waals surface area contributed by atoms with Crippen LogP contribution in [0.2, 0.25) is 0 Å². The molecule has 0 spiro atoms. The number of nitrogens with zero attached hydrogens (tertiary/aromatic N) is 1. The highest BCUT2D eigenvalue weighted by Crippen LogP contribution is 2.26. The van der Waals surface area contributed by atoms with E-state index in [-0.39, 0.29) is 16.7 Å². The molecule has 0 bridgehead atoms. The molecule has 1 aromatic heterocycles. The van der Waals surface area contributed by atoms with Crippen LogP contribution in [-0.4, -0.2) is 62.8 Å². The van der Waals surface area contributed by atoms with Gasteiger partial charge in [0.2, 0.25) is 5.91 Å². The Morgan fingerprint density at radius 2 is 2.27 bits per heavy atom. The molecule has 26 heavy (non-hydrogen) atoms. The molecule has 2 heterocycles. The number of thiophene rings is 1. The first-order valence-corrected chi connectivity index (χ1v) is 12.0. The number of sulfonamides is 1. The number of thioether (sulfide) groups is 1. The number of hydrogen-bond acceptors (Lipinski definition) is 7. The molecule has 2 atom stereocenters. The highest BCUT2D eigenvalue weighted by Gasteiger charge is 2.35. The Bertz CT molecular complexity index is 705. The maximum atomic E-state index is 12.7. The number of esters is 1. The largest absolute Gasteiger partial charge is 0.467 e. The Balaban J connectivity index is 2.03. The lowest BCUT2D eigenvalue weighted by Gasteiger charge is -2.31. The zero-order valence-corrected chi connectivity index (χ0v) is 17.3. The highest BCUT2D eigenvalue weighted by molar-refractivity contribution is 7.98. The molecule has 1 amide bonds. The van der Waals surface area contributed by atoms with Gasteiger partial charge in [0, 0.05) is 13.1 Å². The molecule has 146 valence electrons. The van der Waals surface area contributed by atoms with Gasteiger partial charge in [-0.1, -0.05) is 6.07 Å². The third-order valence-corrected chi connectivity index (χ3v) is 8.14. The van der Waals surface area contributed by atoms with E-state index in [9.17, 15) is 18.0 Å². The smallest absolute Gasteiger partial charge is 0.328 e. The van der Waals surface area contributed by atoms with Crippen molar-refractivity contribution in [2.45, 2.75) is 29.5 Å². The molecule has 7 nitrogen and oxygen atoms in total.